The van der Waals surface area contributed by atoms with Crippen molar-refractivity contribution >= 4 is 11.6 Å². The largest absolute Gasteiger partial charge is 0.399 e. The molecule has 110 valence electrons. The summed E-state index contributed by atoms with van der Waals surface area (Å²) in [6.45, 7) is 2.04. The number of anilines is 1. The van der Waals surface area contributed by atoms with Gasteiger partial charge in [-0.15, -0.1) is 0 Å². The summed E-state index contributed by atoms with van der Waals surface area (Å²) in [5.41, 5.74) is 7.36. The fraction of sp³-hybridized carbons (Fsp3) is 0.562. The van der Waals surface area contributed by atoms with Crippen LogP contribution in [-0.2, 0) is 4.79 Å². The molecule has 2 rings (SSSR count). The Morgan fingerprint density at radius 1 is 1.45 bits per heavy atom. The van der Waals surface area contributed by atoms with E-state index in [2.05, 4.69) is 5.32 Å². The fourth-order valence-corrected chi connectivity index (χ4v) is 2.90. The van der Waals surface area contributed by atoms with E-state index in [4.69, 9.17) is 5.73 Å². The van der Waals surface area contributed by atoms with E-state index in [1.165, 1.54) is 0 Å². The molecule has 1 aliphatic rings. The number of aliphatic hydroxyl groups excluding tert-OH is 1. The minimum Gasteiger partial charge on any atom is -0.399 e. The van der Waals surface area contributed by atoms with Crippen LogP contribution in [-0.4, -0.2) is 23.7 Å². The first-order valence-electron chi connectivity index (χ1n) is 7.38. The van der Waals surface area contributed by atoms with Crippen molar-refractivity contribution < 1.29 is 9.90 Å². The van der Waals surface area contributed by atoms with Crippen molar-refractivity contribution in [3.63, 3.8) is 0 Å². The van der Waals surface area contributed by atoms with Crippen molar-refractivity contribution in [2.45, 2.75) is 44.6 Å². The van der Waals surface area contributed by atoms with Crippen molar-refractivity contribution in [1.29, 1.82) is 0 Å². The van der Waals surface area contributed by atoms with Gasteiger partial charge in [-0.1, -0.05) is 25.0 Å². The lowest BCUT2D eigenvalue weighted by Gasteiger charge is -2.31. The highest BCUT2D eigenvalue weighted by molar-refractivity contribution is 5.83. The number of nitrogens with one attached hydrogen (secondary N) is 1. The molecule has 0 spiro atoms. The van der Waals surface area contributed by atoms with Crippen molar-refractivity contribution in [3.05, 3.63) is 29.8 Å². The number of nitrogens with two attached hydrogens (primary N) is 1. The standard InChI is InChI=1S/C16H24N2O2/c1-11(12-6-4-7-14(17)9-12)16(20)18-15-8-3-2-5-13(15)10-19/h4,6-7,9,11,13,15,19H,2-3,5,8,10,17H2,1H3,(H,18,20). The lowest BCUT2D eigenvalue weighted by atomic mass is 9.84. The predicted octanol–water partition coefficient (Wildman–Crippen LogP) is 2.04. The van der Waals surface area contributed by atoms with Crippen LogP contribution >= 0.6 is 0 Å². The maximum Gasteiger partial charge on any atom is 0.227 e. The third-order valence-electron chi connectivity index (χ3n) is 4.28. The zero-order chi connectivity index (χ0) is 14.5. The predicted molar refractivity (Wildman–Crippen MR) is 80.2 cm³/mol. The van der Waals surface area contributed by atoms with Crippen molar-refractivity contribution in [3.8, 4) is 0 Å². The molecule has 1 amide bonds. The monoisotopic (exact) mass is 276 g/mol. The van der Waals surface area contributed by atoms with Crippen molar-refractivity contribution in [1.82, 2.24) is 5.32 Å². The van der Waals surface area contributed by atoms with Gasteiger partial charge in [-0.2, -0.15) is 0 Å². The second kappa shape index (κ2) is 6.75. The first-order chi connectivity index (χ1) is 9.61. The molecule has 3 atom stereocenters. The van der Waals surface area contributed by atoms with Crippen LogP contribution < -0.4 is 11.1 Å². The van der Waals surface area contributed by atoms with Gasteiger partial charge in [-0.25, -0.2) is 0 Å². The quantitative estimate of drug-likeness (QED) is 0.737. The second-order valence-corrected chi connectivity index (χ2v) is 5.73. The van der Waals surface area contributed by atoms with Gasteiger partial charge in [-0.05, 0) is 37.5 Å². The highest BCUT2D eigenvalue weighted by atomic mass is 16.3. The van der Waals surface area contributed by atoms with Crippen LogP contribution in [0.2, 0.25) is 0 Å². The molecule has 0 radical (unpaired) electrons. The number of hydrogen-bond donors (Lipinski definition) is 3. The third kappa shape index (κ3) is 3.51. The van der Waals surface area contributed by atoms with E-state index in [0.717, 1.165) is 31.2 Å². The third-order valence-corrected chi connectivity index (χ3v) is 4.28. The van der Waals surface area contributed by atoms with E-state index in [1.807, 2.05) is 31.2 Å². The molecule has 3 unspecified atom stereocenters. The zero-order valence-corrected chi connectivity index (χ0v) is 12.0. The van der Waals surface area contributed by atoms with Crippen LogP contribution in [0.5, 0.6) is 0 Å². The topological polar surface area (TPSA) is 75.3 Å². The Bertz CT molecular complexity index is 462. The molecule has 1 aromatic rings. The molecule has 0 saturated heterocycles. The van der Waals surface area contributed by atoms with Gasteiger partial charge in [0.1, 0.15) is 0 Å². The summed E-state index contributed by atoms with van der Waals surface area (Å²) in [6, 6.07) is 7.55. The van der Waals surface area contributed by atoms with Gasteiger partial charge >= 0.3 is 0 Å². The number of carbonyl (C=O) groups is 1. The average Bonchev–Trinajstić information content (AvgIpc) is 2.47. The Morgan fingerprint density at radius 3 is 2.90 bits per heavy atom. The maximum absolute atomic E-state index is 12.4. The lowest BCUT2D eigenvalue weighted by Crippen LogP contribution is -2.44. The highest BCUT2D eigenvalue weighted by Gasteiger charge is 2.27. The van der Waals surface area contributed by atoms with Gasteiger partial charge in [0.15, 0.2) is 0 Å². The number of aliphatic hydroxyl groups is 1. The van der Waals surface area contributed by atoms with Gasteiger partial charge in [0.25, 0.3) is 0 Å². The van der Waals surface area contributed by atoms with Crippen LogP contribution in [0.15, 0.2) is 24.3 Å². The number of nitrogen functional groups attached to an aromatic ring is 1. The van der Waals surface area contributed by atoms with E-state index in [-0.39, 0.29) is 30.4 Å². The van der Waals surface area contributed by atoms with Gasteiger partial charge in [0, 0.05) is 24.3 Å². The maximum atomic E-state index is 12.4. The van der Waals surface area contributed by atoms with E-state index in [1.54, 1.807) is 0 Å². The highest BCUT2D eigenvalue weighted by Crippen LogP contribution is 2.25. The summed E-state index contributed by atoms with van der Waals surface area (Å²) in [5.74, 6) is -0.0125. The minimum absolute atomic E-state index is 0.0148. The summed E-state index contributed by atoms with van der Waals surface area (Å²) in [5, 5.41) is 12.5. The molecule has 4 nitrogen and oxygen atoms in total. The molecule has 1 saturated carbocycles. The van der Waals surface area contributed by atoms with Crippen LogP contribution in [0.3, 0.4) is 0 Å². The van der Waals surface area contributed by atoms with Gasteiger partial charge in [-0.3, -0.25) is 4.79 Å². The molecule has 1 fully saturated rings. The van der Waals surface area contributed by atoms with Gasteiger partial charge in [0.2, 0.25) is 5.91 Å². The molecule has 0 aliphatic heterocycles. The van der Waals surface area contributed by atoms with Gasteiger partial charge < -0.3 is 16.2 Å². The van der Waals surface area contributed by atoms with E-state index in [0.29, 0.717) is 5.69 Å². The molecule has 0 heterocycles. The number of carbonyl (C=O) groups excluding carboxylic acids is 1. The van der Waals surface area contributed by atoms with Crippen LogP contribution in [0, 0.1) is 5.92 Å². The first kappa shape index (κ1) is 14.9. The SMILES string of the molecule is CC(C(=O)NC1CCCCC1CO)c1cccc(N)c1. The minimum atomic E-state index is -0.222. The summed E-state index contributed by atoms with van der Waals surface area (Å²) in [7, 11) is 0. The Hall–Kier alpha value is -1.55. The molecule has 20 heavy (non-hydrogen) atoms. The summed E-state index contributed by atoms with van der Waals surface area (Å²) >= 11 is 0. The van der Waals surface area contributed by atoms with Crippen LogP contribution in [0.1, 0.15) is 44.1 Å². The second-order valence-electron chi connectivity index (χ2n) is 5.73. The smallest absolute Gasteiger partial charge is 0.227 e. The summed E-state index contributed by atoms with van der Waals surface area (Å²) in [6.07, 6.45) is 4.21. The molecular formula is C16H24N2O2. The first-order valence-corrected chi connectivity index (χ1v) is 7.38. The Kier molecular flexibility index (Phi) is 5.01. The van der Waals surface area contributed by atoms with Crippen molar-refractivity contribution in [2.24, 2.45) is 5.92 Å². The van der Waals surface area contributed by atoms with Crippen LogP contribution in [0.25, 0.3) is 0 Å². The van der Waals surface area contributed by atoms with E-state index < -0.39 is 0 Å². The summed E-state index contributed by atoms with van der Waals surface area (Å²) < 4.78 is 0. The Labute approximate surface area is 120 Å². The molecule has 1 aromatic carbocycles. The molecule has 1 aliphatic carbocycles. The van der Waals surface area contributed by atoms with E-state index >= 15 is 0 Å². The normalized spacial score (nSPS) is 24.1. The molecular weight excluding hydrogens is 252 g/mol. The lowest BCUT2D eigenvalue weighted by molar-refractivity contribution is -0.123. The fourth-order valence-electron chi connectivity index (χ4n) is 2.90. The number of benzene rings is 1. The molecule has 0 bridgehead atoms. The molecule has 4 heteroatoms. The number of hydrogen-bond acceptors (Lipinski definition) is 3. The van der Waals surface area contributed by atoms with Gasteiger partial charge in [0.05, 0.1) is 5.92 Å². The number of amides is 1. The van der Waals surface area contributed by atoms with Crippen LogP contribution in [0.4, 0.5) is 5.69 Å². The Morgan fingerprint density at radius 2 is 2.20 bits per heavy atom. The number of rotatable bonds is 4. The Balaban J connectivity index is 2.00. The van der Waals surface area contributed by atoms with Crippen molar-refractivity contribution in [2.75, 3.05) is 12.3 Å². The molecule has 0 aromatic heterocycles. The van der Waals surface area contributed by atoms with E-state index in [9.17, 15) is 9.90 Å². The summed E-state index contributed by atoms with van der Waals surface area (Å²) in [4.78, 5) is 12.4. The zero-order valence-electron chi connectivity index (χ0n) is 12.0. The molecule has 4 N–H and O–H groups in total. The average molecular weight is 276 g/mol.